The van der Waals surface area contributed by atoms with Gasteiger partial charge in [-0.2, -0.15) is 0 Å². The third-order valence-electron chi connectivity index (χ3n) is 3.45. The molecule has 0 bridgehead atoms. The van der Waals surface area contributed by atoms with Crippen molar-refractivity contribution in [1.29, 1.82) is 0 Å². The molecule has 110 valence electrons. The molecule has 3 unspecified atom stereocenters. The van der Waals surface area contributed by atoms with Gasteiger partial charge in [0.05, 0.1) is 18.4 Å². The highest BCUT2D eigenvalue weighted by Crippen LogP contribution is 2.15. The number of carbonyl (C=O) groups excluding carboxylic acids is 1. The monoisotopic (exact) mass is 280 g/mol. The highest BCUT2D eigenvalue weighted by molar-refractivity contribution is 5.95. The predicted molar refractivity (Wildman–Crippen MR) is 74.1 cm³/mol. The molecule has 0 aromatic carbocycles. The summed E-state index contributed by atoms with van der Waals surface area (Å²) in [5.74, 6) is -0.632. The van der Waals surface area contributed by atoms with E-state index in [2.05, 4.69) is 9.88 Å². The Hall–Kier alpha value is -1.33. The average Bonchev–Trinajstić information content (AvgIpc) is 2.37. The number of aromatic nitrogens is 1. The summed E-state index contributed by atoms with van der Waals surface area (Å²) in [5, 5.41) is 0. The van der Waals surface area contributed by atoms with Crippen molar-refractivity contribution in [2.75, 3.05) is 19.6 Å². The van der Waals surface area contributed by atoms with Crippen molar-refractivity contribution < 1.29 is 13.9 Å². The fourth-order valence-corrected chi connectivity index (χ4v) is 2.68. The van der Waals surface area contributed by atoms with E-state index >= 15 is 0 Å². The van der Waals surface area contributed by atoms with Gasteiger partial charge in [0.2, 0.25) is 0 Å². The van der Waals surface area contributed by atoms with E-state index in [0.717, 1.165) is 19.3 Å². The summed E-state index contributed by atoms with van der Waals surface area (Å²) in [6, 6.07) is 2.71. The summed E-state index contributed by atoms with van der Waals surface area (Å²) in [5.41, 5.74) is 0.327. The van der Waals surface area contributed by atoms with E-state index in [9.17, 15) is 9.18 Å². The van der Waals surface area contributed by atoms with E-state index in [1.165, 1.54) is 12.1 Å². The molecule has 1 aliphatic rings. The zero-order valence-electron chi connectivity index (χ0n) is 12.2. The number of hydrogen-bond acceptors (Lipinski definition) is 4. The van der Waals surface area contributed by atoms with E-state index in [0.29, 0.717) is 12.2 Å². The first kappa shape index (κ1) is 15.1. The Morgan fingerprint density at radius 3 is 2.65 bits per heavy atom. The molecule has 0 spiro atoms. The number of carbonyl (C=O) groups is 1. The number of halogens is 1. The maximum atomic E-state index is 12.8. The Kier molecular flexibility index (Phi) is 4.83. The summed E-state index contributed by atoms with van der Waals surface area (Å²) in [4.78, 5) is 18.3. The van der Waals surface area contributed by atoms with Crippen LogP contribution in [0.3, 0.4) is 0 Å². The van der Waals surface area contributed by atoms with Crippen molar-refractivity contribution >= 4 is 5.78 Å². The van der Waals surface area contributed by atoms with Crippen LogP contribution in [-0.2, 0) is 4.74 Å². The smallest absolute Gasteiger partial charge is 0.185 e. The first-order valence-electron chi connectivity index (χ1n) is 6.99. The second-order valence-corrected chi connectivity index (χ2v) is 5.60. The van der Waals surface area contributed by atoms with Crippen LogP contribution in [0.5, 0.6) is 0 Å². The molecule has 1 saturated heterocycles. The fraction of sp³-hybridized carbons (Fsp3) is 0.600. The molecule has 1 aromatic heterocycles. The largest absolute Gasteiger partial charge is 0.373 e. The average molecular weight is 280 g/mol. The molecule has 0 saturated carbocycles. The maximum absolute atomic E-state index is 12.8. The molecular formula is C15H21FN2O2. The molecule has 20 heavy (non-hydrogen) atoms. The Morgan fingerprint density at radius 1 is 1.45 bits per heavy atom. The molecule has 1 aromatic rings. The second-order valence-electron chi connectivity index (χ2n) is 5.60. The highest BCUT2D eigenvalue weighted by atomic mass is 19.1. The number of nitrogens with zero attached hydrogens (tertiary/aromatic N) is 2. The summed E-state index contributed by atoms with van der Waals surface area (Å²) >= 11 is 0. The topological polar surface area (TPSA) is 42.4 Å². The number of rotatable bonds is 4. The van der Waals surface area contributed by atoms with Crippen LogP contribution < -0.4 is 0 Å². The minimum absolute atomic E-state index is 0.0446. The van der Waals surface area contributed by atoms with Crippen LogP contribution in [0.2, 0.25) is 0 Å². The third kappa shape index (κ3) is 3.84. The number of ketones is 1. The lowest BCUT2D eigenvalue weighted by molar-refractivity contribution is -0.0700. The lowest BCUT2D eigenvalue weighted by Gasteiger charge is -2.36. The van der Waals surface area contributed by atoms with E-state index in [1.807, 2.05) is 20.8 Å². The van der Waals surface area contributed by atoms with Gasteiger partial charge in [0, 0.05) is 25.6 Å². The number of pyridine rings is 1. The molecule has 0 amide bonds. The summed E-state index contributed by atoms with van der Waals surface area (Å²) < 4.78 is 18.5. The van der Waals surface area contributed by atoms with Gasteiger partial charge in [-0.1, -0.05) is 6.92 Å². The number of Topliss-reactive ketones (excluding diaryl/α,β-unsaturated/α-hetero) is 1. The molecule has 3 atom stereocenters. The van der Waals surface area contributed by atoms with Gasteiger partial charge in [0.1, 0.15) is 11.5 Å². The minimum atomic E-state index is -0.426. The molecule has 2 heterocycles. The standard InChI is InChI=1S/C15H21FN2O2/c1-10(7-18-8-11(2)20-12(3)9-18)15(19)14-5-4-13(16)6-17-14/h4-6,10-12H,7-9H2,1-3H3. The van der Waals surface area contributed by atoms with Crippen molar-refractivity contribution in [3.63, 3.8) is 0 Å². The van der Waals surface area contributed by atoms with Gasteiger partial charge >= 0.3 is 0 Å². The molecule has 1 aliphatic heterocycles. The zero-order chi connectivity index (χ0) is 14.7. The number of morpholine rings is 1. The SMILES string of the molecule is CC1CN(CC(C)C(=O)c2ccc(F)cn2)CC(C)O1. The molecule has 0 N–H and O–H groups in total. The third-order valence-corrected chi connectivity index (χ3v) is 3.45. The Labute approximate surface area is 118 Å². The van der Waals surface area contributed by atoms with Crippen LogP contribution in [0.1, 0.15) is 31.3 Å². The number of ether oxygens (including phenoxy) is 1. The van der Waals surface area contributed by atoms with Crippen molar-refractivity contribution in [2.45, 2.75) is 33.0 Å². The lowest BCUT2D eigenvalue weighted by atomic mass is 10.0. The van der Waals surface area contributed by atoms with E-state index in [1.54, 1.807) is 0 Å². The molecule has 5 heteroatoms. The van der Waals surface area contributed by atoms with Crippen molar-refractivity contribution in [3.05, 3.63) is 29.8 Å². The van der Waals surface area contributed by atoms with Gasteiger partial charge < -0.3 is 4.74 Å². The zero-order valence-corrected chi connectivity index (χ0v) is 12.2. The van der Waals surface area contributed by atoms with E-state index in [-0.39, 0.29) is 23.9 Å². The summed E-state index contributed by atoms with van der Waals surface area (Å²) in [6.45, 7) is 8.30. The van der Waals surface area contributed by atoms with Crippen LogP contribution in [0.15, 0.2) is 18.3 Å². The van der Waals surface area contributed by atoms with Crippen molar-refractivity contribution in [3.8, 4) is 0 Å². The minimum Gasteiger partial charge on any atom is -0.373 e. The van der Waals surface area contributed by atoms with Crippen molar-refractivity contribution in [1.82, 2.24) is 9.88 Å². The molecule has 1 fully saturated rings. The van der Waals surface area contributed by atoms with Gasteiger partial charge in [-0.25, -0.2) is 4.39 Å². The quantitative estimate of drug-likeness (QED) is 0.793. The molecule has 0 aliphatic carbocycles. The first-order valence-corrected chi connectivity index (χ1v) is 6.99. The fourth-order valence-electron chi connectivity index (χ4n) is 2.68. The Morgan fingerprint density at radius 2 is 2.10 bits per heavy atom. The Balaban J connectivity index is 1.95. The number of hydrogen-bond donors (Lipinski definition) is 0. The predicted octanol–water partition coefficient (Wildman–Crippen LogP) is 2.15. The summed E-state index contributed by atoms with van der Waals surface area (Å²) in [7, 11) is 0. The lowest BCUT2D eigenvalue weighted by Crippen LogP contribution is -2.47. The Bertz CT molecular complexity index is 453. The van der Waals surface area contributed by atoms with E-state index < -0.39 is 5.82 Å². The summed E-state index contributed by atoms with van der Waals surface area (Å²) in [6.07, 6.45) is 1.45. The molecule has 0 radical (unpaired) electrons. The normalized spacial score (nSPS) is 25.4. The van der Waals surface area contributed by atoms with Crippen LogP contribution in [-0.4, -0.2) is 47.5 Å². The van der Waals surface area contributed by atoms with Gasteiger partial charge in [-0.15, -0.1) is 0 Å². The van der Waals surface area contributed by atoms with E-state index in [4.69, 9.17) is 4.74 Å². The van der Waals surface area contributed by atoms with Gasteiger partial charge in [0.15, 0.2) is 5.78 Å². The second kappa shape index (κ2) is 6.41. The maximum Gasteiger partial charge on any atom is 0.185 e. The van der Waals surface area contributed by atoms with Gasteiger partial charge in [-0.3, -0.25) is 14.7 Å². The first-order chi connectivity index (χ1) is 9.45. The molecule has 4 nitrogen and oxygen atoms in total. The van der Waals surface area contributed by atoms with Crippen molar-refractivity contribution in [2.24, 2.45) is 5.92 Å². The van der Waals surface area contributed by atoms with Crippen LogP contribution >= 0.6 is 0 Å². The molecular weight excluding hydrogens is 259 g/mol. The van der Waals surface area contributed by atoms with Crippen LogP contribution in [0, 0.1) is 11.7 Å². The van der Waals surface area contributed by atoms with Gasteiger partial charge in [0.25, 0.3) is 0 Å². The van der Waals surface area contributed by atoms with Crippen LogP contribution in [0.4, 0.5) is 4.39 Å². The highest BCUT2D eigenvalue weighted by Gasteiger charge is 2.26. The molecule has 2 rings (SSSR count). The van der Waals surface area contributed by atoms with Gasteiger partial charge in [-0.05, 0) is 26.0 Å². The van der Waals surface area contributed by atoms with Crippen LogP contribution in [0.25, 0.3) is 0 Å².